The third-order valence-corrected chi connectivity index (χ3v) is 6.67. The summed E-state index contributed by atoms with van der Waals surface area (Å²) < 4.78 is 53.4. The number of benzene rings is 2. The number of halogens is 4. The maximum absolute atomic E-state index is 13.9. The van der Waals surface area contributed by atoms with Crippen molar-refractivity contribution in [2.75, 3.05) is 23.7 Å². The van der Waals surface area contributed by atoms with E-state index in [0.717, 1.165) is 36.3 Å². The van der Waals surface area contributed by atoms with E-state index in [1.54, 1.807) is 0 Å². The van der Waals surface area contributed by atoms with Crippen molar-refractivity contribution in [3.05, 3.63) is 70.5 Å². The van der Waals surface area contributed by atoms with Gasteiger partial charge < -0.3 is 20.1 Å². The molecule has 0 saturated carbocycles. The first-order chi connectivity index (χ1) is 19.9. The molecular formula is C30H35ClF3N5O3. The summed E-state index contributed by atoms with van der Waals surface area (Å²) in [5.41, 5.74) is -0.607. The van der Waals surface area contributed by atoms with E-state index in [-0.39, 0.29) is 24.2 Å². The minimum Gasteiger partial charge on any atom is -0.491 e. The highest BCUT2D eigenvalue weighted by Gasteiger charge is 2.38. The number of anilines is 2. The van der Waals surface area contributed by atoms with Gasteiger partial charge in [0, 0.05) is 48.6 Å². The molecule has 4 rings (SSSR count). The van der Waals surface area contributed by atoms with Crippen LogP contribution >= 0.6 is 11.6 Å². The highest BCUT2D eigenvalue weighted by Crippen LogP contribution is 2.32. The zero-order valence-corrected chi connectivity index (χ0v) is 24.7. The molecule has 0 aliphatic carbocycles. The molecule has 0 bridgehead atoms. The predicted octanol–water partition coefficient (Wildman–Crippen LogP) is 7.05. The van der Waals surface area contributed by atoms with Crippen molar-refractivity contribution in [3.8, 4) is 11.5 Å². The first kappa shape index (κ1) is 31.4. The first-order valence-electron chi connectivity index (χ1n) is 13.8. The Hall–Kier alpha value is -3.57. The Kier molecular flexibility index (Phi) is 10.2. The number of amides is 1. The average molecular weight is 606 g/mol. The molecule has 1 aliphatic rings. The molecule has 3 aromatic rings. The Morgan fingerprint density at radius 2 is 1.62 bits per heavy atom. The van der Waals surface area contributed by atoms with E-state index in [0.29, 0.717) is 30.1 Å². The molecule has 1 aliphatic heterocycles. The van der Waals surface area contributed by atoms with Crippen LogP contribution in [0.4, 0.5) is 24.8 Å². The van der Waals surface area contributed by atoms with Crippen LogP contribution in [0.15, 0.2) is 48.7 Å². The smallest absolute Gasteiger partial charge is 0.434 e. The zero-order chi connectivity index (χ0) is 30.4. The van der Waals surface area contributed by atoms with Crippen LogP contribution in [-0.4, -0.2) is 52.1 Å². The summed E-state index contributed by atoms with van der Waals surface area (Å²) in [7, 11) is 0. The summed E-state index contributed by atoms with van der Waals surface area (Å²) >= 11 is 5.83. The fraction of sp³-hybridized carbons (Fsp3) is 0.433. The minimum absolute atomic E-state index is 0.0287. The zero-order valence-electron chi connectivity index (χ0n) is 24.0. The van der Waals surface area contributed by atoms with Crippen molar-refractivity contribution >= 4 is 29.1 Å². The van der Waals surface area contributed by atoms with Crippen LogP contribution < -0.4 is 20.1 Å². The maximum atomic E-state index is 13.9. The van der Waals surface area contributed by atoms with Crippen LogP contribution in [0.25, 0.3) is 0 Å². The van der Waals surface area contributed by atoms with Gasteiger partial charge >= 0.3 is 6.18 Å². The van der Waals surface area contributed by atoms with Crippen LogP contribution in [0.3, 0.4) is 0 Å². The third kappa shape index (κ3) is 8.96. The second-order valence-electron chi connectivity index (χ2n) is 10.8. The number of likely N-dealkylation sites (tertiary alicyclic amines) is 1. The van der Waals surface area contributed by atoms with Gasteiger partial charge in [0.15, 0.2) is 5.69 Å². The maximum Gasteiger partial charge on any atom is 0.434 e. The monoisotopic (exact) mass is 605 g/mol. The largest absolute Gasteiger partial charge is 0.491 e. The van der Waals surface area contributed by atoms with Gasteiger partial charge in [0.1, 0.15) is 11.5 Å². The summed E-state index contributed by atoms with van der Waals surface area (Å²) in [5, 5.41) is 5.89. The van der Waals surface area contributed by atoms with Gasteiger partial charge in [-0.3, -0.25) is 9.69 Å². The Balaban J connectivity index is 1.39. The number of hydrogen-bond acceptors (Lipinski definition) is 7. The van der Waals surface area contributed by atoms with Crippen molar-refractivity contribution in [1.82, 2.24) is 14.9 Å². The van der Waals surface area contributed by atoms with Crippen LogP contribution in [0.5, 0.6) is 11.5 Å². The van der Waals surface area contributed by atoms with Gasteiger partial charge in [-0.05, 0) is 82.5 Å². The fourth-order valence-corrected chi connectivity index (χ4v) is 4.77. The topological polar surface area (TPSA) is 88.6 Å². The van der Waals surface area contributed by atoms with E-state index in [4.69, 9.17) is 21.1 Å². The van der Waals surface area contributed by atoms with Crippen molar-refractivity contribution < 1.29 is 27.4 Å². The lowest BCUT2D eigenvalue weighted by molar-refractivity contribution is -0.141. The summed E-state index contributed by atoms with van der Waals surface area (Å²) in [6.45, 7) is 10.0. The molecule has 2 N–H and O–H groups in total. The van der Waals surface area contributed by atoms with E-state index in [1.807, 2.05) is 45.9 Å². The van der Waals surface area contributed by atoms with E-state index >= 15 is 0 Å². The number of hydrogen-bond donors (Lipinski definition) is 2. The van der Waals surface area contributed by atoms with Crippen molar-refractivity contribution in [2.45, 2.75) is 71.5 Å². The lowest BCUT2D eigenvalue weighted by Gasteiger charge is -2.32. The lowest BCUT2D eigenvalue weighted by atomic mass is 10.0. The molecule has 1 amide bonds. The molecule has 0 spiro atoms. The van der Waals surface area contributed by atoms with Crippen LogP contribution in [0.2, 0.25) is 5.02 Å². The number of rotatable bonds is 10. The van der Waals surface area contributed by atoms with Gasteiger partial charge in [0.05, 0.1) is 17.8 Å². The van der Waals surface area contributed by atoms with Gasteiger partial charge in [-0.2, -0.15) is 13.2 Å². The lowest BCUT2D eigenvalue weighted by Crippen LogP contribution is -2.39. The number of alkyl halides is 3. The minimum atomic E-state index is -4.85. The predicted molar refractivity (Wildman–Crippen MR) is 156 cm³/mol. The molecule has 1 fully saturated rings. The second-order valence-corrected chi connectivity index (χ2v) is 11.2. The third-order valence-electron chi connectivity index (χ3n) is 6.41. The number of ether oxygens (including phenoxy) is 2. The summed E-state index contributed by atoms with van der Waals surface area (Å²) in [6, 6.07) is 11.8. The summed E-state index contributed by atoms with van der Waals surface area (Å²) in [6.07, 6.45) is -2.52. The number of piperidine rings is 1. The standard InChI is InChI=1S/C30H35ClF3N5O3/c1-18(2)41-24-13-20(14-25(15-24)42-19(3)4)17-39-11-9-23(10-12-39)37-29-35-16-26(27(38-29)30(32,33)34)28(40)36-22-7-5-21(31)6-8-22/h5-8,13-16,18-19,23H,9-12,17H2,1-4H3,(H,36,40)(H,35,37,38). The molecule has 0 radical (unpaired) electrons. The van der Waals surface area contributed by atoms with E-state index in [1.165, 1.54) is 24.3 Å². The molecule has 8 nitrogen and oxygen atoms in total. The van der Waals surface area contributed by atoms with Crippen LogP contribution in [0, 0.1) is 0 Å². The van der Waals surface area contributed by atoms with Gasteiger partial charge in [-0.15, -0.1) is 0 Å². The highest BCUT2D eigenvalue weighted by molar-refractivity contribution is 6.30. The number of carbonyl (C=O) groups is 1. The van der Waals surface area contributed by atoms with Crippen LogP contribution in [-0.2, 0) is 12.7 Å². The number of nitrogens with zero attached hydrogens (tertiary/aromatic N) is 3. The quantitative estimate of drug-likeness (QED) is 0.256. The molecule has 1 saturated heterocycles. The van der Waals surface area contributed by atoms with Crippen LogP contribution in [0.1, 0.15) is 62.2 Å². The van der Waals surface area contributed by atoms with E-state index < -0.39 is 23.3 Å². The normalized spacial score (nSPS) is 14.7. The van der Waals surface area contributed by atoms with Gasteiger partial charge in [0.2, 0.25) is 5.95 Å². The molecule has 42 heavy (non-hydrogen) atoms. The molecule has 1 aromatic heterocycles. The van der Waals surface area contributed by atoms with Crippen molar-refractivity contribution in [1.29, 1.82) is 0 Å². The molecule has 12 heteroatoms. The first-order valence-corrected chi connectivity index (χ1v) is 14.2. The molecule has 0 atom stereocenters. The molecule has 226 valence electrons. The molecule has 0 unspecified atom stereocenters. The van der Waals surface area contributed by atoms with Crippen molar-refractivity contribution in [2.24, 2.45) is 0 Å². The van der Waals surface area contributed by atoms with Gasteiger partial charge in [-0.1, -0.05) is 11.6 Å². The number of aromatic nitrogens is 2. The Labute approximate surface area is 248 Å². The van der Waals surface area contributed by atoms with E-state index in [2.05, 4.69) is 25.5 Å². The highest BCUT2D eigenvalue weighted by atomic mass is 35.5. The SMILES string of the molecule is CC(C)Oc1cc(CN2CCC(Nc3ncc(C(=O)Nc4ccc(Cl)cc4)c(C(F)(F)F)n3)CC2)cc(OC(C)C)c1. The van der Waals surface area contributed by atoms with Gasteiger partial charge in [0.25, 0.3) is 5.91 Å². The average Bonchev–Trinajstić information content (AvgIpc) is 2.89. The Morgan fingerprint density at radius 3 is 2.17 bits per heavy atom. The van der Waals surface area contributed by atoms with Gasteiger partial charge in [-0.25, -0.2) is 9.97 Å². The molecule has 2 aromatic carbocycles. The summed E-state index contributed by atoms with van der Waals surface area (Å²) in [4.78, 5) is 22.6. The number of carbonyl (C=O) groups excluding carboxylic acids is 1. The molecular weight excluding hydrogens is 571 g/mol. The number of nitrogens with one attached hydrogen (secondary N) is 2. The Morgan fingerprint density at radius 1 is 1.02 bits per heavy atom. The summed E-state index contributed by atoms with van der Waals surface area (Å²) in [5.74, 6) is 0.363. The van der Waals surface area contributed by atoms with E-state index in [9.17, 15) is 18.0 Å². The van der Waals surface area contributed by atoms with Crippen molar-refractivity contribution in [3.63, 3.8) is 0 Å². The fourth-order valence-electron chi connectivity index (χ4n) is 4.64. The second kappa shape index (κ2) is 13.6. The molecule has 2 heterocycles. The Bertz CT molecular complexity index is 1330.